The third kappa shape index (κ3) is 3.60. The van der Waals surface area contributed by atoms with Crippen molar-refractivity contribution in [2.45, 2.75) is 11.3 Å². The van der Waals surface area contributed by atoms with E-state index < -0.39 is 31.3 Å². The van der Waals surface area contributed by atoms with Gasteiger partial charge in [-0.3, -0.25) is 10.1 Å². The topological polar surface area (TPSA) is 102 Å². The summed E-state index contributed by atoms with van der Waals surface area (Å²) in [4.78, 5) is 13.1. The average Bonchev–Trinajstić information content (AvgIpc) is 2.91. The fourth-order valence-corrected chi connectivity index (χ4v) is 3.47. The summed E-state index contributed by atoms with van der Waals surface area (Å²) in [5.41, 5.74) is -1.06. The molecule has 0 atom stereocenters. The molecule has 0 aliphatic heterocycles. The van der Waals surface area contributed by atoms with Crippen LogP contribution in [0, 0.1) is 15.9 Å². The Balaban J connectivity index is 2.20. The van der Waals surface area contributed by atoms with Crippen LogP contribution in [0.25, 0.3) is 0 Å². The van der Waals surface area contributed by atoms with Crippen LogP contribution in [-0.2, 0) is 16.4 Å². The number of nitro benzene ring substituents is 1. The monoisotopic (exact) mass is 331 g/mol. The van der Waals surface area contributed by atoms with Gasteiger partial charge in [0.15, 0.2) is 4.90 Å². The maximum atomic E-state index is 13.4. The van der Waals surface area contributed by atoms with Crippen LogP contribution in [0.1, 0.15) is 5.01 Å². The molecule has 1 N–H and O–H groups in total. The summed E-state index contributed by atoms with van der Waals surface area (Å²) in [7, 11) is -4.17. The number of nitrogens with one attached hydrogen (secondary N) is 1. The van der Waals surface area contributed by atoms with E-state index in [0.717, 1.165) is 23.2 Å². The number of sulfonamides is 1. The van der Waals surface area contributed by atoms with Crippen molar-refractivity contribution < 1.29 is 17.7 Å². The van der Waals surface area contributed by atoms with Gasteiger partial charge in [0.2, 0.25) is 15.8 Å². The molecule has 7 nitrogen and oxygen atoms in total. The number of hydrogen-bond acceptors (Lipinski definition) is 6. The van der Waals surface area contributed by atoms with Crippen molar-refractivity contribution in [2.75, 3.05) is 6.54 Å². The maximum absolute atomic E-state index is 13.4. The predicted octanol–water partition coefficient (Wildman–Crippen LogP) is 1.71. The molecule has 0 aliphatic carbocycles. The molecule has 1 aromatic carbocycles. The molecule has 0 unspecified atom stereocenters. The number of hydrogen-bond donors (Lipinski definition) is 1. The summed E-state index contributed by atoms with van der Waals surface area (Å²) in [6, 6.07) is 2.94. The molecule has 0 bridgehead atoms. The highest BCUT2D eigenvalue weighted by Crippen LogP contribution is 2.26. The van der Waals surface area contributed by atoms with E-state index >= 15 is 0 Å². The number of rotatable bonds is 6. The van der Waals surface area contributed by atoms with E-state index in [1.165, 1.54) is 11.3 Å². The summed E-state index contributed by atoms with van der Waals surface area (Å²) in [6.45, 7) is 0.0174. The molecule has 0 spiro atoms. The largest absolute Gasteiger partial charge is 0.324 e. The first-order chi connectivity index (χ1) is 9.92. The molecule has 0 fully saturated rings. The van der Waals surface area contributed by atoms with Gasteiger partial charge in [-0.25, -0.2) is 18.1 Å². The summed E-state index contributed by atoms with van der Waals surface area (Å²) in [6.07, 6.45) is 1.94. The first-order valence-electron chi connectivity index (χ1n) is 5.73. The number of nitro groups is 1. The number of halogens is 1. The van der Waals surface area contributed by atoms with Gasteiger partial charge in [0.05, 0.1) is 9.93 Å². The number of thiazole rings is 1. The quantitative estimate of drug-likeness (QED) is 0.641. The molecule has 2 aromatic rings. The predicted molar refractivity (Wildman–Crippen MR) is 74.1 cm³/mol. The van der Waals surface area contributed by atoms with E-state index in [-0.39, 0.29) is 6.54 Å². The molecule has 1 aromatic heterocycles. The molecule has 21 heavy (non-hydrogen) atoms. The standard InChI is InChI=1S/C11H10FN3O4S2/c12-8-2-1-3-9(11(8)15(16)17)21(18,19)14-5-4-10-13-6-7-20-10/h1-3,6-7,14H,4-5H2. The van der Waals surface area contributed by atoms with Crippen LogP contribution in [0.15, 0.2) is 34.7 Å². The van der Waals surface area contributed by atoms with Crippen LogP contribution in [-0.4, -0.2) is 24.9 Å². The molecule has 112 valence electrons. The summed E-state index contributed by atoms with van der Waals surface area (Å²) in [5, 5.41) is 13.3. The van der Waals surface area contributed by atoms with Gasteiger partial charge in [0.1, 0.15) is 0 Å². The Morgan fingerprint density at radius 1 is 1.43 bits per heavy atom. The minimum absolute atomic E-state index is 0.0174. The van der Waals surface area contributed by atoms with Gasteiger partial charge in [-0.2, -0.15) is 4.39 Å². The number of aromatic nitrogens is 1. The van der Waals surface area contributed by atoms with E-state index in [4.69, 9.17) is 0 Å². The minimum atomic E-state index is -4.17. The Labute approximate surface area is 123 Å². The lowest BCUT2D eigenvalue weighted by atomic mass is 10.3. The molecule has 0 saturated carbocycles. The fraction of sp³-hybridized carbons (Fsp3) is 0.182. The van der Waals surface area contributed by atoms with Gasteiger partial charge in [0.25, 0.3) is 0 Å². The van der Waals surface area contributed by atoms with Crippen molar-refractivity contribution in [1.82, 2.24) is 9.71 Å². The zero-order valence-corrected chi connectivity index (χ0v) is 12.2. The minimum Gasteiger partial charge on any atom is -0.258 e. The molecule has 1 heterocycles. The van der Waals surface area contributed by atoms with Crippen LogP contribution in [0.3, 0.4) is 0 Å². The summed E-state index contributed by atoms with van der Waals surface area (Å²) in [5.74, 6) is -1.19. The van der Waals surface area contributed by atoms with Gasteiger partial charge in [-0.05, 0) is 12.1 Å². The van der Waals surface area contributed by atoms with E-state index in [1.54, 1.807) is 11.6 Å². The van der Waals surface area contributed by atoms with Crippen LogP contribution in [0.2, 0.25) is 0 Å². The van der Waals surface area contributed by atoms with Crippen molar-refractivity contribution in [1.29, 1.82) is 0 Å². The fourth-order valence-electron chi connectivity index (χ4n) is 1.64. The second-order valence-corrected chi connectivity index (χ2v) is 6.63. The SMILES string of the molecule is O=[N+]([O-])c1c(F)cccc1S(=O)(=O)NCCc1nccs1. The molecule has 2 rings (SSSR count). The first-order valence-corrected chi connectivity index (χ1v) is 8.09. The highest BCUT2D eigenvalue weighted by atomic mass is 32.2. The van der Waals surface area contributed by atoms with Crippen LogP contribution in [0.5, 0.6) is 0 Å². The van der Waals surface area contributed by atoms with Gasteiger partial charge >= 0.3 is 5.69 Å². The molecule has 0 aliphatic rings. The normalized spacial score (nSPS) is 11.5. The number of benzene rings is 1. The van der Waals surface area contributed by atoms with Gasteiger partial charge in [0, 0.05) is 24.5 Å². The van der Waals surface area contributed by atoms with E-state index in [0.29, 0.717) is 6.42 Å². The van der Waals surface area contributed by atoms with Crippen LogP contribution in [0.4, 0.5) is 10.1 Å². The summed E-state index contributed by atoms with van der Waals surface area (Å²) < 4.78 is 39.7. The van der Waals surface area contributed by atoms with Crippen molar-refractivity contribution in [2.24, 2.45) is 0 Å². The van der Waals surface area contributed by atoms with Crippen molar-refractivity contribution in [3.8, 4) is 0 Å². The second-order valence-electron chi connectivity index (χ2n) is 3.92. The van der Waals surface area contributed by atoms with Crippen molar-refractivity contribution in [3.05, 3.63) is 50.7 Å². The Hall–Kier alpha value is -1.91. The Bertz CT molecular complexity index is 747. The highest BCUT2D eigenvalue weighted by Gasteiger charge is 2.28. The van der Waals surface area contributed by atoms with Crippen molar-refractivity contribution in [3.63, 3.8) is 0 Å². The average molecular weight is 331 g/mol. The third-order valence-electron chi connectivity index (χ3n) is 2.54. The van der Waals surface area contributed by atoms with Crippen LogP contribution >= 0.6 is 11.3 Å². The zero-order chi connectivity index (χ0) is 15.5. The Morgan fingerprint density at radius 3 is 2.81 bits per heavy atom. The molecule has 10 heteroatoms. The lowest BCUT2D eigenvalue weighted by Crippen LogP contribution is -2.26. The molecule has 0 amide bonds. The molecular formula is C11H10FN3O4S2. The Kier molecular flexibility index (Phi) is 4.60. The van der Waals surface area contributed by atoms with E-state index in [2.05, 4.69) is 9.71 Å². The van der Waals surface area contributed by atoms with Crippen molar-refractivity contribution >= 4 is 27.0 Å². The number of nitrogens with zero attached hydrogens (tertiary/aromatic N) is 2. The molecule has 0 saturated heterocycles. The number of para-hydroxylation sites is 1. The molecular weight excluding hydrogens is 321 g/mol. The van der Waals surface area contributed by atoms with E-state index in [1.807, 2.05) is 0 Å². The zero-order valence-electron chi connectivity index (χ0n) is 10.5. The van der Waals surface area contributed by atoms with E-state index in [9.17, 15) is 22.9 Å². The van der Waals surface area contributed by atoms with Gasteiger partial charge < -0.3 is 0 Å². The lowest BCUT2D eigenvalue weighted by Gasteiger charge is -2.06. The van der Waals surface area contributed by atoms with Gasteiger partial charge in [-0.1, -0.05) is 6.07 Å². The first kappa shape index (κ1) is 15.5. The van der Waals surface area contributed by atoms with Crippen LogP contribution < -0.4 is 4.72 Å². The Morgan fingerprint density at radius 2 is 2.19 bits per heavy atom. The second kappa shape index (κ2) is 6.24. The smallest absolute Gasteiger partial charge is 0.258 e. The molecule has 0 radical (unpaired) electrons. The highest BCUT2D eigenvalue weighted by molar-refractivity contribution is 7.89. The maximum Gasteiger partial charge on any atom is 0.324 e. The summed E-state index contributed by atoms with van der Waals surface area (Å²) >= 11 is 1.37. The third-order valence-corrected chi connectivity index (χ3v) is 4.87. The van der Waals surface area contributed by atoms with Gasteiger partial charge in [-0.15, -0.1) is 11.3 Å². The lowest BCUT2D eigenvalue weighted by molar-refractivity contribution is -0.390.